The first-order chi connectivity index (χ1) is 10.1. The molecule has 0 N–H and O–H groups in total. The molecule has 4 heteroatoms. The largest absolute Gasteiger partial charge is 0.465 e. The van der Waals surface area contributed by atoms with E-state index in [1.807, 2.05) is 37.3 Å². The average Bonchev–Trinajstić information content (AvgIpc) is 2.89. The molecule has 2 saturated heterocycles. The topological polar surface area (TPSA) is 44.8 Å². The Morgan fingerprint density at radius 1 is 1.33 bits per heavy atom. The molecular formula is C17H22O4. The van der Waals surface area contributed by atoms with Gasteiger partial charge in [0.25, 0.3) is 0 Å². The molecule has 1 aliphatic carbocycles. The normalized spacial score (nSPS) is 33.5. The van der Waals surface area contributed by atoms with E-state index in [4.69, 9.17) is 14.2 Å². The SMILES string of the molecule is CCOC(=O)C12CC(C)(C1)OC2COCc1ccccc1. The summed E-state index contributed by atoms with van der Waals surface area (Å²) in [5.41, 5.74) is 0.467. The van der Waals surface area contributed by atoms with E-state index in [-0.39, 0.29) is 17.7 Å². The van der Waals surface area contributed by atoms with Gasteiger partial charge in [-0.05, 0) is 32.3 Å². The number of carbonyl (C=O) groups excluding carboxylic acids is 1. The van der Waals surface area contributed by atoms with Crippen molar-refractivity contribution in [3.63, 3.8) is 0 Å². The van der Waals surface area contributed by atoms with Gasteiger partial charge in [-0.1, -0.05) is 30.3 Å². The van der Waals surface area contributed by atoms with Gasteiger partial charge in [0.15, 0.2) is 0 Å². The van der Waals surface area contributed by atoms with Crippen LogP contribution in [0.25, 0.3) is 0 Å². The van der Waals surface area contributed by atoms with Crippen LogP contribution in [-0.2, 0) is 25.6 Å². The molecule has 0 spiro atoms. The molecule has 0 amide bonds. The zero-order chi connectivity index (χ0) is 14.9. The maximum atomic E-state index is 12.2. The number of carbonyl (C=O) groups is 1. The van der Waals surface area contributed by atoms with E-state index < -0.39 is 5.41 Å². The Kier molecular flexibility index (Phi) is 3.76. The number of benzene rings is 1. The minimum absolute atomic E-state index is 0.131. The smallest absolute Gasteiger partial charge is 0.315 e. The molecule has 2 heterocycles. The van der Waals surface area contributed by atoms with E-state index in [0.717, 1.165) is 18.4 Å². The van der Waals surface area contributed by atoms with Crippen LogP contribution < -0.4 is 0 Å². The number of ether oxygens (including phenoxy) is 3. The van der Waals surface area contributed by atoms with Gasteiger partial charge in [-0.3, -0.25) is 4.79 Å². The highest BCUT2D eigenvalue weighted by Gasteiger charge is 2.70. The van der Waals surface area contributed by atoms with Crippen molar-refractivity contribution in [2.75, 3.05) is 13.2 Å². The van der Waals surface area contributed by atoms with Crippen molar-refractivity contribution in [1.29, 1.82) is 0 Å². The number of esters is 1. The minimum Gasteiger partial charge on any atom is -0.465 e. The lowest BCUT2D eigenvalue weighted by atomic mass is 9.61. The summed E-state index contributed by atoms with van der Waals surface area (Å²) in [6, 6.07) is 10.0. The quantitative estimate of drug-likeness (QED) is 0.756. The van der Waals surface area contributed by atoms with Gasteiger partial charge >= 0.3 is 5.97 Å². The van der Waals surface area contributed by atoms with E-state index in [0.29, 0.717) is 19.8 Å². The van der Waals surface area contributed by atoms with Gasteiger partial charge in [0, 0.05) is 0 Å². The third-order valence-corrected chi connectivity index (χ3v) is 4.48. The van der Waals surface area contributed by atoms with Gasteiger partial charge < -0.3 is 14.2 Å². The Bertz CT molecular complexity index is 505. The van der Waals surface area contributed by atoms with Crippen LogP contribution >= 0.6 is 0 Å². The molecule has 2 aliphatic heterocycles. The maximum absolute atomic E-state index is 12.2. The van der Waals surface area contributed by atoms with Crippen LogP contribution in [0.5, 0.6) is 0 Å². The van der Waals surface area contributed by atoms with Crippen LogP contribution in [0.1, 0.15) is 32.3 Å². The highest BCUT2D eigenvalue weighted by atomic mass is 16.6. The van der Waals surface area contributed by atoms with Crippen molar-refractivity contribution in [3.8, 4) is 0 Å². The molecule has 1 aromatic rings. The van der Waals surface area contributed by atoms with Crippen molar-refractivity contribution in [1.82, 2.24) is 0 Å². The van der Waals surface area contributed by atoms with Crippen LogP contribution in [0, 0.1) is 5.41 Å². The Morgan fingerprint density at radius 3 is 2.71 bits per heavy atom. The summed E-state index contributed by atoms with van der Waals surface area (Å²) >= 11 is 0. The summed E-state index contributed by atoms with van der Waals surface area (Å²) in [4.78, 5) is 12.2. The summed E-state index contributed by atoms with van der Waals surface area (Å²) in [5, 5.41) is 0. The molecule has 0 radical (unpaired) electrons. The second kappa shape index (κ2) is 5.43. The first-order valence-corrected chi connectivity index (χ1v) is 7.55. The first kappa shape index (κ1) is 14.5. The van der Waals surface area contributed by atoms with E-state index >= 15 is 0 Å². The monoisotopic (exact) mass is 290 g/mol. The Labute approximate surface area is 125 Å². The van der Waals surface area contributed by atoms with Crippen LogP contribution in [-0.4, -0.2) is 30.9 Å². The predicted octanol–water partition coefficient (Wildman–Crippen LogP) is 2.70. The minimum atomic E-state index is -0.485. The lowest BCUT2D eigenvalue weighted by Crippen LogP contribution is -2.50. The van der Waals surface area contributed by atoms with Crippen LogP contribution in [0.2, 0.25) is 0 Å². The van der Waals surface area contributed by atoms with Crippen molar-refractivity contribution < 1.29 is 19.0 Å². The second-order valence-electron chi connectivity index (χ2n) is 6.29. The molecule has 4 rings (SSSR count). The lowest BCUT2D eigenvalue weighted by Gasteiger charge is -2.41. The third kappa shape index (κ3) is 2.58. The highest BCUT2D eigenvalue weighted by molar-refractivity contribution is 5.80. The summed E-state index contributed by atoms with van der Waals surface area (Å²) in [6.45, 7) is 5.28. The maximum Gasteiger partial charge on any atom is 0.315 e. The van der Waals surface area contributed by atoms with Crippen LogP contribution in [0.15, 0.2) is 30.3 Å². The van der Waals surface area contributed by atoms with Gasteiger partial charge in [-0.2, -0.15) is 0 Å². The zero-order valence-electron chi connectivity index (χ0n) is 12.6. The highest BCUT2D eigenvalue weighted by Crippen LogP contribution is 2.62. The van der Waals surface area contributed by atoms with Crippen molar-refractivity contribution in [3.05, 3.63) is 35.9 Å². The fourth-order valence-electron chi connectivity index (χ4n) is 3.65. The number of hydrogen-bond acceptors (Lipinski definition) is 4. The zero-order valence-corrected chi connectivity index (χ0v) is 12.6. The fourth-order valence-corrected chi connectivity index (χ4v) is 3.65. The van der Waals surface area contributed by atoms with Crippen molar-refractivity contribution >= 4 is 5.97 Å². The fraction of sp³-hybridized carbons (Fsp3) is 0.588. The van der Waals surface area contributed by atoms with Crippen molar-refractivity contribution in [2.24, 2.45) is 5.41 Å². The molecule has 1 aromatic carbocycles. The molecular weight excluding hydrogens is 268 g/mol. The summed E-state index contributed by atoms with van der Waals surface area (Å²) in [5.74, 6) is -0.131. The van der Waals surface area contributed by atoms with Gasteiger partial charge in [0.2, 0.25) is 0 Å². The van der Waals surface area contributed by atoms with Crippen LogP contribution in [0.3, 0.4) is 0 Å². The van der Waals surface area contributed by atoms with Gasteiger partial charge in [-0.25, -0.2) is 0 Å². The van der Waals surface area contributed by atoms with E-state index in [9.17, 15) is 4.79 Å². The van der Waals surface area contributed by atoms with Gasteiger partial charge in [-0.15, -0.1) is 0 Å². The van der Waals surface area contributed by atoms with E-state index in [1.54, 1.807) is 0 Å². The van der Waals surface area contributed by atoms with Gasteiger partial charge in [0.1, 0.15) is 5.41 Å². The van der Waals surface area contributed by atoms with Crippen molar-refractivity contribution in [2.45, 2.75) is 45.0 Å². The van der Waals surface area contributed by atoms with E-state index in [2.05, 4.69) is 6.92 Å². The number of fused-ring (bicyclic) bond motifs is 1. The third-order valence-electron chi connectivity index (χ3n) is 4.48. The average molecular weight is 290 g/mol. The summed E-state index contributed by atoms with van der Waals surface area (Å²) in [6.07, 6.45) is 1.31. The molecule has 1 saturated carbocycles. The Morgan fingerprint density at radius 2 is 2.05 bits per heavy atom. The number of hydrogen-bond donors (Lipinski definition) is 0. The lowest BCUT2D eigenvalue weighted by molar-refractivity contribution is -0.162. The second-order valence-corrected chi connectivity index (χ2v) is 6.29. The summed E-state index contributed by atoms with van der Waals surface area (Å²) < 4.78 is 17.0. The molecule has 21 heavy (non-hydrogen) atoms. The molecule has 1 unspecified atom stereocenters. The van der Waals surface area contributed by atoms with E-state index in [1.165, 1.54) is 0 Å². The Hall–Kier alpha value is -1.39. The predicted molar refractivity (Wildman–Crippen MR) is 77.7 cm³/mol. The van der Waals surface area contributed by atoms with Gasteiger partial charge in [0.05, 0.1) is 31.5 Å². The molecule has 0 aromatic heterocycles. The molecule has 1 atom stereocenters. The molecule has 3 fully saturated rings. The molecule has 114 valence electrons. The molecule has 2 bridgehead atoms. The molecule has 3 aliphatic rings. The Balaban J connectivity index is 1.58. The molecule has 4 nitrogen and oxygen atoms in total. The summed E-state index contributed by atoms with van der Waals surface area (Å²) in [7, 11) is 0. The van der Waals surface area contributed by atoms with Crippen LogP contribution in [0.4, 0.5) is 0 Å². The standard InChI is InChI=1S/C17H22O4/c1-3-20-15(18)17-11-16(2,12-17)21-14(17)10-19-9-13-7-5-4-6-8-13/h4-8,14H,3,9-12H2,1-2H3. The number of rotatable bonds is 6. The first-order valence-electron chi connectivity index (χ1n) is 7.55.